The molecule has 4 nitrogen and oxygen atoms in total. The molecule has 16 heavy (non-hydrogen) atoms. The second kappa shape index (κ2) is 10.5. The van der Waals surface area contributed by atoms with Gasteiger partial charge in [0.1, 0.15) is 0 Å². The van der Waals surface area contributed by atoms with Crippen LogP contribution >= 0.6 is 0 Å². The van der Waals surface area contributed by atoms with E-state index in [-0.39, 0.29) is 11.9 Å². The number of carbonyl (C=O) groups is 2. The molecule has 0 aromatic heterocycles. The molecule has 0 aromatic carbocycles. The Hall–Kier alpha value is -1.06. The fraction of sp³-hybridized carbons (Fsp3) is 0.833. The third-order valence-electron chi connectivity index (χ3n) is 2.05. The van der Waals surface area contributed by atoms with E-state index in [1.165, 1.54) is 0 Å². The molecule has 0 aromatic rings. The average molecular weight is 230 g/mol. The van der Waals surface area contributed by atoms with Crippen molar-refractivity contribution >= 4 is 11.9 Å². The van der Waals surface area contributed by atoms with Crippen molar-refractivity contribution < 1.29 is 19.1 Å². The van der Waals surface area contributed by atoms with E-state index in [2.05, 4.69) is 0 Å². The standard InChI is InChI=1S/C12H22O4/c1-3-8-11(13)16-10-7-5-6-9-12(14)15-4-2/h3-10H2,1-2H3. The lowest BCUT2D eigenvalue weighted by Crippen LogP contribution is -2.06. The maximum atomic E-state index is 11.0. The Bertz CT molecular complexity index is 179. The van der Waals surface area contributed by atoms with Gasteiger partial charge in [0, 0.05) is 12.8 Å². The van der Waals surface area contributed by atoms with E-state index < -0.39 is 0 Å². The van der Waals surface area contributed by atoms with Crippen LogP contribution in [-0.4, -0.2) is 25.2 Å². The number of hydrogen-bond donors (Lipinski definition) is 0. The first-order chi connectivity index (χ1) is 7.70. The summed E-state index contributed by atoms with van der Waals surface area (Å²) in [7, 11) is 0. The maximum absolute atomic E-state index is 11.0. The third-order valence-corrected chi connectivity index (χ3v) is 2.05. The van der Waals surface area contributed by atoms with Crippen molar-refractivity contribution in [2.75, 3.05) is 13.2 Å². The normalized spacial score (nSPS) is 9.88. The highest BCUT2D eigenvalue weighted by atomic mass is 16.5. The topological polar surface area (TPSA) is 52.6 Å². The smallest absolute Gasteiger partial charge is 0.305 e. The van der Waals surface area contributed by atoms with Gasteiger partial charge in [0.05, 0.1) is 13.2 Å². The molecule has 0 heterocycles. The molecule has 0 saturated carbocycles. The van der Waals surface area contributed by atoms with Crippen molar-refractivity contribution in [2.24, 2.45) is 0 Å². The van der Waals surface area contributed by atoms with Crippen molar-refractivity contribution in [2.45, 2.75) is 52.4 Å². The van der Waals surface area contributed by atoms with E-state index in [0.717, 1.165) is 25.7 Å². The van der Waals surface area contributed by atoms with Gasteiger partial charge < -0.3 is 9.47 Å². The lowest BCUT2D eigenvalue weighted by atomic mass is 10.2. The monoisotopic (exact) mass is 230 g/mol. The molecule has 0 saturated heterocycles. The Morgan fingerprint density at radius 1 is 0.875 bits per heavy atom. The number of hydrogen-bond acceptors (Lipinski definition) is 4. The number of rotatable bonds is 9. The third kappa shape index (κ3) is 9.49. The van der Waals surface area contributed by atoms with Crippen molar-refractivity contribution in [3.05, 3.63) is 0 Å². The summed E-state index contributed by atoms with van der Waals surface area (Å²) >= 11 is 0. The van der Waals surface area contributed by atoms with Gasteiger partial charge in [0.2, 0.25) is 0 Å². The highest BCUT2D eigenvalue weighted by Crippen LogP contribution is 2.02. The Labute approximate surface area is 97.3 Å². The van der Waals surface area contributed by atoms with Crippen molar-refractivity contribution in [3.8, 4) is 0 Å². The number of unbranched alkanes of at least 4 members (excludes halogenated alkanes) is 2. The molecule has 94 valence electrons. The summed E-state index contributed by atoms with van der Waals surface area (Å²) in [4.78, 5) is 21.9. The van der Waals surface area contributed by atoms with Crippen LogP contribution in [-0.2, 0) is 19.1 Å². The Balaban J connectivity index is 3.21. The van der Waals surface area contributed by atoms with Crippen LogP contribution < -0.4 is 0 Å². The Kier molecular flexibility index (Phi) is 9.76. The van der Waals surface area contributed by atoms with Gasteiger partial charge in [-0.25, -0.2) is 0 Å². The highest BCUT2D eigenvalue weighted by molar-refractivity contribution is 5.69. The van der Waals surface area contributed by atoms with Crippen molar-refractivity contribution in [1.29, 1.82) is 0 Å². The molecule has 0 radical (unpaired) electrons. The van der Waals surface area contributed by atoms with Crippen LogP contribution in [0.4, 0.5) is 0 Å². The predicted molar refractivity (Wildman–Crippen MR) is 61.0 cm³/mol. The van der Waals surface area contributed by atoms with Gasteiger partial charge in [0.25, 0.3) is 0 Å². The van der Waals surface area contributed by atoms with Gasteiger partial charge in [-0.1, -0.05) is 6.92 Å². The lowest BCUT2D eigenvalue weighted by molar-refractivity contribution is -0.145. The highest BCUT2D eigenvalue weighted by Gasteiger charge is 2.02. The van der Waals surface area contributed by atoms with E-state index >= 15 is 0 Å². The molecular weight excluding hydrogens is 208 g/mol. The van der Waals surface area contributed by atoms with Crippen LogP contribution in [0.1, 0.15) is 52.4 Å². The molecule has 0 atom stereocenters. The quantitative estimate of drug-likeness (QED) is 0.451. The molecule has 0 amide bonds. The summed E-state index contributed by atoms with van der Waals surface area (Å²) in [5.74, 6) is -0.279. The zero-order chi connectivity index (χ0) is 12.2. The fourth-order valence-electron chi connectivity index (χ4n) is 1.24. The van der Waals surface area contributed by atoms with Crippen LogP contribution in [0.5, 0.6) is 0 Å². The van der Waals surface area contributed by atoms with Crippen molar-refractivity contribution in [1.82, 2.24) is 0 Å². The molecule has 0 rings (SSSR count). The van der Waals surface area contributed by atoms with E-state index in [4.69, 9.17) is 9.47 Å². The molecule has 0 aliphatic rings. The Morgan fingerprint density at radius 3 is 2.19 bits per heavy atom. The molecule has 0 fully saturated rings. The first kappa shape index (κ1) is 14.9. The summed E-state index contributed by atoms with van der Waals surface area (Å²) < 4.78 is 9.78. The minimum absolute atomic E-state index is 0.132. The van der Waals surface area contributed by atoms with Crippen LogP contribution in [0.25, 0.3) is 0 Å². The van der Waals surface area contributed by atoms with Gasteiger partial charge in [0.15, 0.2) is 0 Å². The Morgan fingerprint density at radius 2 is 1.56 bits per heavy atom. The molecular formula is C12H22O4. The first-order valence-electron chi connectivity index (χ1n) is 6.02. The summed E-state index contributed by atoms with van der Waals surface area (Å²) in [5.41, 5.74) is 0. The van der Waals surface area contributed by atoms with E-state index in [1.54, 1.807) is 6.92 Å². The first-order valence-corrected chi connectivity index (χ1v) is 6.02. The van der Waals surface area contributed by atoms with Gasteiger partial charge in [-0.15, -0.1) is 0 Å². The van der Waals surface area contributed by atoms with Gasteiger partial charge >= 0.3 is 11.9 Å². The SMILES string of the molecule is CCCC(=O)OCCCCCC(=O)OCC. The van der Waals surface area contributed by atoms with E-state index in [9.17, 15) is 9.59 Å². The zero-order valence-corrected chi connectivity index (χ0v) is 10.3. The predicted octanol–water partition coefficient (Wildman–Crippen LogP) is 2.45. The van der Waals surface area contributed by atoms with Gasteiger partial charge in [-0.3, -0.25) is 9.59 Å². The molecule has 0 N–H and O–H groups in total. The van der Waals surface area contributed by atoms with E-state index in [0.29, 0.717) is 26.1 Å². The van der Waals surface area contributed by atoms with Crippen LogP contribution in [0.2, 0.25) is 0 Å². The lowest BCUT2D eigenvalue weighted by Gasteiger charge is -2.04. The zero-order valence-electron chi connectivity index (χ0n) is 10.3. The fourth-order valence-corrected chi connectivity index (χ4v) is 1.24. The summed E-state index contributed by atoms with van der Waals surface area (Å²) in [6.07, 6.45) is 4.26. The summed E-state index contributed by atoms with van der Waals surface area (Å²) in [5, 5.41) is 0. The van der Waals surface area contributed by atoms with Crippen LogP contribution in [0.15, 0.2) is 0 Å². The minimum atomic E-state index is -0.148. The minimum Gasteiger partial charge on any atom is -0.466 e. The molecule has 4 heteroatoms. The molecule has 0 bridgehead atoms. The van der Waals surface area contributed by atoms with Gasteiger partial charge in [-0.05, 0) is 32.6 Å². The maximum Gasteiger partial charge on any atom is 0.305 e. The molecule has 0 aliphatic heterocycles. The molecule has 0 aliphatic carbocycles. The van der Waals surface area contributed by atoms with Crippen LogP contribution in [0, 0.1) is 0 Å². The molecule has 0 spiro atoms. The second-order valence-electron chi connectivity index (χ2n) is 3.59. The van der Waals surface area contributed by atoms with Crippen LogP contribution in [0.3, 0.4) is 0 Å². The number of ether oxygens (including phenoxy) is 2. The van der Waals surface area contributed by atoms with E-state index in [1.807, 2.05) is 6.92 Å². The average Bonchev–Trinajstić information content (AvgIpc) is 2.24. The number of carbonyl (C=O) groups excluding carboxylic acids is 2. The number of esters is 2. The summed E-state index contributed by atoms with van der Waals surface area (Å²) in [6, 6.07) is 0. The van der Waals surface area contributed by atoms with Gasteiger partial charge in [-0.2, -0.15) is 0 Å². The van der Waals surface area contributed by atoms with Crippen molar-refractivity contribution in [3.63, 3.8) is 0 Å². The largest absolute Gasteiger partial charge is 0.466 e. The summed E-state index contributed by atoms with van der Waals surface area (Å²) in [6.45, 7) is 4.64. The second-order valence-corrected chi connectivity index (χ2v) is 3.59. The molecule has 0 unspecified atom stereocenters.